The molecule has 2 aromatic carbocycles. The number of thiophene rings is 1. The molecule has 3 amide bonds. The molecule has 2 heterocycles. The molecule has 1 unspecified atom stereocenters. The predicted molar refractivity (Wildman–Crippen MR) is 125 cm³/mol. The van der Waals surface area contributed by atoms with Crippen molar-refractivity contribution in [1.82, 2.24) is 9.91 Å². The maximum Gasteiger partial charge on any atom is 0.416 e. The third-order valence-electron chi connectivity index (χ3n) is 5.34. The first-order valence-corrected chi connectivity index (χ1v) is 11.3. The molecule has 1 aliphatic heterocycles. The van der Waals surface area contributed by atoms with Crippen molar-refractivity contribution in [3.8, 4) is 0 Å². The minimum atomic E-state index is -4.46. The Morgan fingerprint density at radius 1 is 1.09 bits per heavy atom. The van der Waals surface area contributed by atoms with E-state index in [1.165, 1.54) is 40.4 Å². The third kappa shape index (κ3) is 5.28. The predicted octanol–water partition coefficient (Wildman–Crippen LogP) is 5.61. The smallest absolute Gasteiger partial charge is 0.318 e. The van der Waals surface area contributed by atoms with E-state index in [-0.39, 0.29) is 24.2 Å². The number of carbonyl (C=O) groups is 2. The van der Waals surface area contributed by atoms with Gasteiger partial charge in [0.25, 0.3) is 5.91 Å². The number of amides is 3. The molecule has 4 rings (SSSR count). The number of urea groups is 1. The monoisotopic (exact) mass is 486 g/mol. The fraction of sp³-hybridized carbons (Fsp3) is 0.208. The van der Waals surface area contributed by atoms with Gasteiger partial charge in [-0.3, -0.25) is 4.79 Å². The summed E-state index contributed by atoms with van der Waals surface area (Å²) in [5, 5.41) is 10.4. The number of rotatable bonds is 5. The lowest BCUT2D eigenvalue weighted by Crippen LogP contribution is -2.41. The van der Waals surface area contributed by atoms with Gasteiger partial charge in [-0.1, -0.05) is 36.4 Å². The highest BCUT2D eigenvalue weighted by atomic mass is 32.1. The Hall–Kier alpha value is -3.66. The zero-order valence-electron chi connectivity index (χ0n) is 18.1. The molecule has 34 heavy (non-hydrogen) atoms. The van der Waals surface area contributed by atoms with Crippen LogP contribution in [0.1, 0.15) is 28.5 Å². The number of halogens is 3. The summed E-state index contributed by atoms with van der Waals surface area (Å²) in [6.45, 7) is -0.253. The van der Waals surface area contributed by atoms with Crippen LogP contribution in [0.5, 0.6) is 0 Å². The number of hydrogen-bond donors (Lipinski definition) is 1. The zero-order chi connectivity index (χ0) is 24.3. The molecule has 1 aliphatic rings. The number of nitrogens with one attached hydrogen (secondary N) is 1. The Morgan fingerprint density at radius 3 is 2.41 bits per heavy atom. The van der Waals surface area contributed by atoms with E-state index in [9.17, 15) is 22.8 Å². The van der Waals surface area contributed by atoms with Gasteiger partial charge in [-0.2, -0.15) is 18.3 Å². The van der Waals surface area contributed by atoms with Crippen LogP contribution in [0.15, 0.2) is 77.2 Å². The van der Waals surface area contributed by atoms with E-state index in [1.807, 2.05) is 47.8 Å². The molecule has 1 atom stereocenters. The van der Waals surface area contributed by atoms with Gasteiger partial charge in [0, 0.05) is 19.2 Å². The fourth-order valence-corrected chi connectivity index (χ4v) is 4.30. The fourth-order valence-electron chi connectivity index (χ4n) is 3.58. The van der Waals surface area contributed by atoms with Gasteiger partial charge in [0.2, 0.25) is 0 Å². The average Bonchev–Trinajstić information content (AvgIpc) is 3.49. The molecular formula is C24H21F3N4O2S. The van der Waals surface area contributed by atoms with Gasteiger partial charge in [0.05, 0.1) is 22.2 Å². The van der Waals surface area contributed by atoms with Crippen LogP contribution in [0.3, 0.4) is 0 Å². The Bertz CT molecular complexity index is 1180. The number of benzene rings is 2. The molecular weight excluding hydrogens is 465 g/mol. The van der Waals surface area contributed by atoms with E-state index in [1.54, 1.807) is 0 Å². The normalized spacial score (nSPS) is 15.7. The SMILES string of the molecule is CN(CC(=O)N1N=C(c2cccs2)CC1c1ccccc1)C(=O)Nc1ccc(C(F)(F)F)cc1. The first-order valence-electron chi connectivity index (χ1n) is 10.4. The molecule has 1 aromatic heterocycles. The molecule has 3 aromatic rings. The largest absolute Gasteiger partial charge is 0.416 e. The maximum atomic E-state index is 13.1. The highest BCUT2D eigenvalue weighted by molar-refractivity contribution is 7.12. The van der Waals surface area contributed by atoms with Crippen LogP contribution < -0.4 is 5.32 Å². The van der Waals surface area contributed by atoms with Crippen molar-refractivity contribution in [2.24, 2.45) is 5.10 Å². The molecule has 0 aliphatic carbocycles. The molecule has 6 nitrogen and oxygen atoms in total. The molecule has 0 spiro atoms. The molecule has 1 N–H and O–H groups in total. The van der Waals surface area contributed by atoms with Gasteiger partial charge in [-0.15, -0.1) is 11.3 Å². The second-order valence-corrected chi connectivity index (χ2v) is 8.70. The highest BCUT2D eigenvalue weighted by Crippen LogP contribution is 2.34. The first kappa shape index (κ1) is 23.5. The third-order valence-corrected chi connectivity index (χ3v) is 6.26. The minimum absolute atomic E-state index is 0.193. The van der Waals surface area contributed by atoms with Crippen molar-refractivity contribution in [2.45, 2.75) is 18.6 Å². The van der Waals surface area contributed by atoms with E-state index in [0.717, 1.165) is 28.3 Å². The Balaban J connectivity index is 1.45. The highest BCUT2D eigenvalue weighted by Gasteiger charge is 2.34. The van der Waals surface area contributed by atoms with Crippen LogP contribution in [0.25, 0.3) is 0 Å². The molecule has 0 saturated carbocycles. The van der Waals surface area contributed by atoms with E-state index in [0.29, 0.717) is 6.42 Å². The number of carbonyl (C=O) groups excluding carboxylic acids is 2. The van der Waals surface area contributed by atoms with Gasteiger partial charge in [0.1, 0.15) is 6.54 Å². The van der Waals surface area contributed by atoms with E-state index >= 15 is 0 Å². The summed E-state index contributed by atoms with van der Waals surface area (Å²) in [6, 6.07) is 16.6. The van der Waals surface area contributed by atoms with Gasteiger partial charge in [-0.25, -0.2) is 9.80 Å². The number of likely N-dealkylation sites (N-methyl/N-ethyl adjacent to an activating group) is 1. The second kappa shape index (κ2) is 9.68. The summed E-state index contributed by atoms with van der Waals surface area (Å²) >= 11 is 1.54. The Kier molecular flexibility index (Phi) is 6.69. The van der Waals surface area contributed by atoms with E-state index < -0.39 is 17.8 Å². The molecule has 0 radical (unpaired) electrons. The zero-order valence-corrected chi connectivity index (χ0v) is 18.9. The lowest BCUT2D eigenvalue weighted by Gasteiger charge is -2.25. The summed E-state index contributed by atoms with van der Waals surface area (Å²) in [7, 11) is 1.44. The van der Waals surface area contributed by atoms with Crippen molar-refractivity contribution < 1.29 is 22.8 Å². The second-order valence-electron chi connectivity index (χ2n) is 7.75. The summed E-state index contributed by atoms with van der Waals surface area (Å²) in [5.74, 6) is -0.370. The van der Waals surface area contributed by atoms with Crippen molar-refractivity contribution in [1.29, 1.82) is 0 Å². The van der Waals surface area contributed by atoms with Crippen molar-refractivity contribution in [2.75, 3.05) is 18.9 Å². The maximum absolute atomic E-state index is 13.1. The van der Waals surface area contributed by atoms with E-state index in [4.69, 9.17) is 0 Å². The summed E-state index contributed by atoms with van der Waals surface area (Å²) in [6.07, 6.45) is -3.91. The van der Waals surface area contributed by atoms with Crippen LogP contribution in [-0.2, 0) is 11.0 Å². The quantitative estimate of drug-likeness (QED) is 0.510. The summed E-state index contributed by atoms with van der Waals surface area (Å²) in [4.78, 5) is 27.8. The van der Waals surface area contributed by atoms with Crippen molar-refractivity contribution in [3.63, 3.8) is 0 Å². The minimum Gasteiger partial charge on any atom is -0.318 e. The van der Waals surface area contributed by atoms with Gasteiger partial charge in [0.15, 0.2) is 0 Å². The number of hydrogen-bond acceptors (Lipinski definition) is 4. The van der Waals surface area contributed by atoms with Crippen LogP contribution in [0.4, 0.5) is 23.7 Å². The number of nitrogens with zero attached hydrogens (tertiary/aromatic N) is 3. The Morgan fingerprint density at radius 2 is 1.79 bits per heavy atom. The standard InChI is InChI=1S/C24H21F3N4O2S/c1-30(23(33)28-18-11-9-17(10-12-18)24(25,26)27)15-22(32)31-20(16-6-3-2-4-7-16)14-19(29-31)21-8-5-13-34-21/h2-13,20H,14-15H2,1H3,(H,28,33). The van der Waals surface area contributed by atoms with Crippen LogP contribution >= 0.6 is 11.3 Å². The van der Waals surface area contributed by atoms with Gasteiger partial charge >= 0.3 is 12.2 Å². The first-order chi connectivity index (χ1) is 16.2. The molecule has 0 saturated heterocycles. The summed E-state index contributed by atoms with van der Waals surface area (Å²) in [5.41, 5.74) is 1.12. The van der Waals surface area contributed by atoms with Crippen LogP contribution in [-0.4, -0.2) is 41.2 Å². The number of alkyl halides is 3. The summed E-state index contributed by atoms with van der Waals surface area (Å²) < 4.78 is 38.2. The number of anilines is 1. The lowest BCUT2D eigenvalue weighted by molar-refractivity contribution is -0.137. The van der Waals surface area contributed by atoms with Crippen LogP contribution in [0, 0.1) is 0 Å². The average molecular weight is 487 g/mol. The Labute approximate surface area is 198 Å². The lowest BCUT2D eigenvalue weighted by atomic mass is 10.0. The molecule has 10 heteroatoms. The van der Waals surface area contributed by atoms with E-state index in [2.05, 4.69) is 10.4 Å². The van der Waals surface area contributed by atoms with Gasteiger partial charge in [-0.05, 0) is 41.3 Å². The number of hydrazone groups is 1. The molecule has 0 fully saturated rings. The molecule has 176 valence electrons. The molecule has 0 bridgehead atoms. The topological polar surface area (TPSA) is 65.0 Å². The van der Waals surface area contributed by atoms with Crippen LogP contribution in [0.2, 0.25) is 0 Å². The van der Waals surface area contributed by atoms with Crippen molar-refractivity contribution >= 4 is 34.7 Å². The van der Waals surface area contributed by atoms with Gasteiger partial charge < -0.3 is 10.2 Å². The van der Waals surface area contributed by atoms with Crippen molar-refractivity contribution in [3.05, 3.63) is 88.1 Å².